The van der Waals surface area contributed by atoms with E-state index in [4.69, 9.17) is 16.9 Å². The topological polar surface area (TPSA) is 96.5 Å². The molecule has 0 fully saturated rings. The monoisotopic (exact) mass is 352 g/mol. The van der Waals surface area contributed by atoms with E-state index in [1.807, 2.05) is 12.1 Å². The summed E-state index contributed by atoms with van der Waals surface area (Å²) < 4.78 is 0. The van der Waals surface area contributed by atoms with E-state index in [9.17, 15) is 4.79 Å². The molecule has 0 radical (unpaired) electrons. The number of nitrogens with one attached hydrogen (secondary N) is 1. The highest BCUT2D eigenvalue weighted by atomic mass is 35.5. The third kappa shape index (κ3) is 3.82. The maximum Gasteiger partial charge on any atom is 0.250 e. The number of carbonyl (C=O) groups is 1. The number of benzene rings is 2. The van der Waals surface area contributed by atoms with Gasteiger partial charge in [0, 0.05) is 16.3 Å². The number of nitrogens with zero attached hydrogens (tertiary/aromatic N) is 5. The fraction of sp³-hybridized carbons (Fsp3) is 0.118. The number of rotatable bonds is 4. The molecule has 124 valence electrons. The predicted molar refractivity (Wildman–Crippen MR) is 92.8 cm³/mol. The van der Waals surface area contributed by atoms with E-state index in [1.54, 1.807) is 49.4 Å². The molecule has 1 aromatic heterocycles. The van der Waals surface area contributed by atoms with Crippen molar-refractivity contribution < 1.29 is 4.79 Å². The third-order valence-corrected chi connectivity index (χ3v) is 3.73. The summed E-state index contributed by atoms with van der Waals surface area (Å²) in [6, 6.07) is 15.1. The van der Waals surface area contributed by atoms with Crippen molar-refractivity contribution in [3.63, 3.8) is 0 Å². The second-order valence-corrected chi connectivity index (χ2v) is 5.74. The second-order valence-electron chi connectivity index (χ2n) is 5.30. The van der Waals surface area contributed by atoms with Gasteiger partial charge in [-0.15, -0.1) is 10.2 Å². The zero-order chi connectivity index (χ0) is 17.8. The zero-order valence-corrected chi connectivity index (χ0v) is 14.0. The van der Waals surface area contributed by atoms with Crippen LogP contribution in [0.4, 0.5) is 5.69 Å². The molecule has 0 unspecified atom stereocenters. The summed E-state index contributed by atoms with van der Waals surface area (Å²) in [5.74, 6) is 0.0683. The van der Waals surface area contributed by atoms with Gasteiger partial charge in [0.25, 0.3) is 5.91 Å². The van der Waals surface area contributed by atoms with Crippen molar-refractivity contribution in [2.75, 3.05) is 5.32 Å². The highest BCUT2D eigenvalue weighted by Gasteiger charge is 2.19. The summed E-state index contributed by atoms with van der Waals surface area (Å²) >= 11 is 5.96. The Kier molecular flexibility index (Phi) is 4.73. The van der Waals surface area contributed by atoms with Crippen molar-refractivity contribution in [1.29, 1.82) is 5.26 Å². The fourth-order valence-corrected chi connectivity index (χ4v) is 2.34. The summed E-state index contributed by atoms with van der Waals surface area (Å²) in [4.78, 5) is 13.6. The van der Waals surface area contributed by atoms with E-state index in [-0.39, 0.29) is 5.91 Å². The van der Waals surface area contributed by atoms with Crippen LogP contribution in [0.3, 0.4) is 0 Å². The summed E-state index contributed by atoms with van der Waals surface area (Å²) in [7, 11) is 0. The molecular formula is C17H13ClN6O. The highest BCUT2D eigenvalue weighted by Crippen LogP contribution is 2.19. The van der Waals surface area contributed by atoms with Gasteiger partial charge >= 0.3 is 0 Å². The van der Waals surface area contributed by atoms with Crippen LogP contribution in [0.1, 0.15) is 18.5 Å². The normalized spacial score (nSPS) is 11.6. The van der Waals surface area contributed by atoms with Crippen LogP contribution in [0.2, 0.25) is 5.02 Å². The van der Waals surface area contributed by atoms with Crippen LogP contribution in [0, 0.1) is 11.3 Å². The molecular weight excluding hydrogens is 340 g/mol. The molecule has 1 heterocycles. The first-order valence-corrected chi connectivity index (χ1v) is 7.81. The van der Waals surface area contributed by atoms with Gasteiger partial charge in [-0.3, -0.25) is 4.79 Å². The Bertz CT molecular complexity index is 962. The number of hydrogen-bond acceptors (Lipinski definition) is 5. The lowest BCUT2D eigenvalue weighted by Gasteiger charge is -2.10. The van der Waals surface area contributed by atoms with Crippen molar-refractivity contribution >= 4 is 23.2 Å². The number of carbonyl (C=O) groups excluding carboxylic acids is 1. The van der Waals surface area contributed by atoms with Crippen molar-refractivity contribution in [2.45, 2.75) is 13.0 Å². The maximum absolute atomic E-state index is 12.4. The van der Waals surface area contributed by atoms with Crippen molar-refractivity contribution in [3.05, 3.63) is 59.1 Å². The Morgan fingerprint density at radius 3 is 2.84 bits per heavy atom. The van der Waals surface area contributed by atoms with Crippen LogP contribution < -0.4 is 5.32 Å². The van der Waals surface area contributed by atoms with E-state index in [1.165, 1.54) is 4.80 Å². The molecule has 1 amide bonds. The first kappa shape index (κ1) is 16.6. The number of anilines is 1. The minimum Gasteiger partial charge on any atom is -0.324 e. The van der Waals surface area contributed by atoms with Crippen molar-refractivity contribution in [3.8, 4) is 17.5 Å². The quantitative estimate of drug-likeness (QED) is 0.778. The van der Waals surface area contributed by atoms with Crippen LogP contribution in [0.5, 0.6) is 0 Å². The molecule has 3 aromatic rings. The Hall–Kier alpha value is -3.24. The number of hydrogen-bond donors (Lipinski definition) is 1. The van der Waals surface area contributed by atoms with Crippen LogP contribution in [0.15, 0.2) is 48.5 Å². The molecule has 8 heteroatoms. The summed E-state index contributed by atoms with van der Waals surface area (Å²) in [6.07, 6.45) is 0. The van der Waals surface area contributed by atoms with Gasteiger partial charge in [0.2, 0.25) is 5.82 Å². The number of tetrazole rings is 1. The van der Waals surface area contributed by atoms with Crippen LogP contribution in [-0.4, -0.2) is 26.1 Å². The molecule has 2 aromatic carbocycles. The lowest BCUT2D eigenvalue weighted by molar-refractivity contribution is -0.119. The first-order valence-electron chi connectivity index (χ1n) is 7.43. The smallest absolute Gasteiger partial charge is 0.250 e. The van der Waals surface area contributed by atoms with E-state index in [0.717, 1.165) is 0 Å². The Labute approximate surface area is 148 Å². The molecule has 3 rings (SSSR count). The van der Waals surface area contributed by atoms with Gasteiger partial charge in [-0.05, 0) is 42.5 Å². The van der Waals surface area contributed by atoms with Crippen LogP contribution >= 0.6 is 11.6 Å². The third-order valence-electron chi connectivity index (χ3n) is 3.50. The Morgan fingerprint density at radius 1 is 1.28 bits per heavy atom. The molecule has 0 saturated carbocycles. The number of amides is 1. The number of nitriles is 1. The second kappa shape index (κ2) is 7.11. The fourth-order valence-electron chi connectivity index (χ4n) is 2.15. The molecule has 7 nitrogen and oxygen atoms in total. The average Bonchev–Trinajstić information content (AvgIpc) is 3.11. The molecule has 1 N–H and O–H groups in total. The van der Waals surface area contributed by atoms with E-state index >= 15 is 0 Å². The minimum absolute atomic E-state index is 0.315. The van der Waals surface area contributed by atoms with Crippen LogP contribution in [-0.2, 0) is 4.79 Å². The lowest BCUT2D eigenvalue weighted by atomic mass is 10.2. The molecule has 0 aliphatic heterocycles. The molecule has 0 bridgehead atoms. The molecule has 25 heavy (non-hydrogen) atoms. The lowest BCUT2D eigenvalue weighted by Crippen LogP contribution is -2.25. The summed E-state index contributed by atoms with van der Waals surface area (Å²) in [5.41, 5.74) is 1.71. The van der Waals surface area contributed by atoms with Crippen LogP contribution in [0.25, 0.3) is 11.4 Å². The molecule has 0 aliphatic carbocycles. The minimum atomic E-state index is -0.675. The summed E-state index contributed by atoms with van der Waals surface area (Å²) in [5, 5.41) is 24.4. The van der Waals surface area contributed by atoms with Crippen molar-refractivity contribution in [2.24, 2.45) is 0 Å². The van der Waals surface area contributed by atoms with Gasteiger partial charge in [0.1, 0.15) is 6.04 Å². The maximum atomic E-state index is 12.4. The van der Waals surface area contributed by atoms with Gasteiger partial charge in [-0.25, -0.2) is 0 Å². The number of aromatic nitrogens is 4. The molecule has 0 aliphatic rings. The van der Waals surface area contributed by atoms with Crippen molar-refractivity contribution in [1.82, 2.24) is 20.2 Å². The van der Waals surface area contributed by atoms with Gasteiger partial charge in [0.05, 0.1) is 11.6 Å². The van der Waals surface area contributed by atoms with E-state index < -0.39 is 6.04 Å². The molecule has 0 saturated heterocycles. The number of halogens is 1. The average molecular weight is 353 g/mol. The zero-order valence-electron chi connectivity index (χ0n) is 13.2. The first-order chi connectivity index (χ1) is 12.1. The largest absolute Gasteiger partial charge is 0.324 e. The van der Waals surface area contributed by atoms with E-state index in [2.05, 4.69) is 20.7 Å². The van der Waals surface area contributed by atoms with E-state index in [0.29, 0.717) is 27.7 Å². The molecule has 1 atom stereocenters. The predicted octanol–water partition coefficient (Wildman–Crippen LogP) is 3.06. The highest BCUT2D eigenvalue weighted by molar-refractivity contribution is 6.30. The van der Waals surface area contributed by atoms with Gasteiger partial charge in [-0.1, -0.05) is 29.8 Å². The summed E-state index contributed by atoms with van der Waals surface area (Å²) in [6.45, 7) is 1.66. The molecule has 0 spiro atoms. The van der Waals surface area contributed by atoms with Gasteiger partial charge in [-0.2, -0.15) is 10.1 Å². The SMILES string of the molecule is C[C@H](C(=O)Nc1cccc(C#N)c1)n1nnc(-c2cccc(Cl)c2)n1. The van der Waals surface area contributed by atoms with Gasteiger partial charge < -0.3 is 5.32 Å². The Morgan fingerprint density at radius 2 is 2.08 bits per heavy atom. The standard InChI is InChI=1S/C17H13ClN6O/c1-11(17(25)20-15-7-2-4-12(8-15)10-19)24-22-16(21-23-24)13-5-3-6-14(18)9-13/h2-9,11H,1H3,(H,20,25)/t11-/m1/s1. The Balaban J connectivity index is 1.75. The van der Waals surface area contributed by atoms with Gasteiger partial charge in [0.15, 0.2) is 0 Å².